The van der Waals surface area contributed by atoms with Crippen molar-refractivity contribution in [2.75, 3.05) is 0 Å². The van der Waals surface area contributed by atoms with E-state index < -0.39 is 0 Å². The van der Waals surface area contributed by atoms with Gasteiger partial charge in [-0.2, -0.15) is 0 Å². The Morgan fingerprint density at radius 3 is 2.90 bits per heavy atom. The van der Waals surface area contributed by atoms with Crippen molar-refractivity contribution in [2.24, 2.45) is 0 Å². The molecule has 50 valence electrons. The van der Waals surface area contributed by atoms with Gasteiger partial charge in [0.25, 0.3) is 0 Å². The minimum atomic E-state index is 0.399. The summed E-state index contributed by atoms with van der Waals surface area (Å²) in [6.45, 7) is 0. The van der Waals surface area contributed by atoms with Crippen LogP contribution in [0.5, 0.6) is 0 Å². The van der Waals surface area contributed by atoms with Crippen molar-refractivity contribution in [3.8, 4) is 0 Å². The van der Waals surface area contributed by atoms with Gasteiger partial charge in [0.2, 0.25) is 0 Å². The Morgan fingerprint density at radius 2 is 2.10 bits per heavy atom. The van der Waals surface area contributed by atoms with Crippen LogP contribution >= 0.6 is 0 Å². The molecule has 0 saturated heterocycles. The van der Waals surface area contributed by atoms with E-state index in [0.717, 1.165) is 8.72 Å². The first-order valence-corrected chi connectivity index (χ1v) is 5.42. The fraction of sp³-hybridized carbons (Fsp3) is 0. The molecule has 2 rings (SSSR count). The molecule has 0 radical (unpaired) electrons. The van der Waals surface area contributed by atoms with Gasteiger partial charge in [-0.1, -0.05) is 0 Å². The molecule has 3 heteroatoms. The van der Waals surface area contributed by atoms with Crippen LogP contribution in [0, 0.1) is 3.13 Å². The molecular weight excluding hydrogens is 258 g/mol. The molecule has 1 heterocycles. The second-order valence-corrected chi connectivity index (χ2v) is 6.12. The van der Waals surface area contributed by atoms with Crippen LogP contribution in [0.25, 0.3) is 9.84 Å². The summed E-state index contributed by atoms with van der Waals surface area (Å²) in [7, 11) is 0. The van der Waals surface area contributed by atoms with E-state index in [1.54, 1.807) is 0 Å². The summed E-state index contributed by atoms with van der Waals surface area (Å²) < 4.78 is 7.77. The molecule has 1 aromatic heterocycles. The second-order valence-electron chi connectivity index (χ2n) is 1.90. The van der Waals surface area contributed by atoms with Crippen molar-refractivity contribution in [1.29, 1.82) is 0 Å². The van der Waals surface area contributed by atoms with Gasteiger partial charge < -0.3 is 0 Å². The Morgan fingerprint density at radius 1 is 1.30 bits per heavy atom. The van der Waals surface area contributed by atoms with E-state index in [1.165, 1.54) is 4.26 Å². The number of rotatable bonds is 0. The van der Waals surface area contributed by atoms with Crippen molar-refractivity contribution in [3.63, 3.8) is 0 Å². The van der Waals surface area contributed by atoms with Crippen LogP contribution in [0.2, 0.25) is 0 Å². The van der Waals surface area contributed by atoms with Crippen molar-refractivity contribution >= 4 is 39.9 Å². The topological polar surface area (TPSA) is 13.1 Å². The first kappa shape index (κ1) is 6.63. The first-order valence-electron chi connectivity index (χ1n) is 2.85. The normalized spacial score (nSPS) is 10.4. The first-order chi connectivity index (χ1) is 4.86. The number of fused-ring (bicyclic) bond motifs is 1. The minimum absolute atomic E-state index is 0.399. The molecule has 1 nitrogen and oxygen atoms in total. The van der Waals surface area contributed by atoms with Crippen LogP contribution in [0.1, 0.15) is 0 Å². The van der Waals surface area contributed by atoms with Gasteiger partial charge in [0.1, 0.15) is 0 Å². The molecule has 0 N–H and O–H groups in total. The molecule has 0 unspecified atom stereocenters. The zero-order valence-corrected chi connectivity index (χ0v) is 8.46. The van der Waals surface area contributed by atoms with Gasteiger partial charge in [0.05, 0.1) is 0 Å². The maximum absolute atomic E-state index is 5.40. The van der Waals surface area contributed by atoms with Gasteiger partial charge >= 0.3 is 71.7 Å². The Bertz CT molecular complexity index is 363. The average molecular weight is 262 g/mol. The third-order valence-electron chi connectivity index (χ3n) is 1.24. The summed E-state index contributed by atoms with van der Waals surface area (Å²) in [6, 6.07) is 8.15. The van der Waals surface area contributed by atoms with Crippen molar-refractivity contribution in [3.05, 3.63) is 27.4 Å². The zero-order chi connectivity index (χ0) is 6.97. The number of hydrogen-bond acceptors (Lipinski definition) is 1. The number of benzene rings is 1. The van der Waals surface area contributed by atoms with Crippen LogP contribution < -0.4 is 0 Å². The van der Waals surface area contributed by atoms with Gasteiger partial charge in [0.15, 0.2) is 0 Å². The standard InChI is InChI=1S/C7H4OSe2/c9-7-8-5-3-1-2-4-6(5)10-7/h1-4H. The van der Waals surface area contributed by atoms with Gasteiger partial charge in [-0.05, 0) is 0 Å². The van der Waals surface area contributed by atoms with E-state index >= 15 is 0 Å². The molecule has 0 aliphatic heterocycles. The Hall–Kier alpha value is -0.0710. The number of hydrogen-bond donors (Lipinski definition) is 0. The molecule has 0 aliphatic carbocycles. The van der Waals surface area contributed by atoms with E-state index in [2.05, 4.69) is 21.6 Å². The van der Waals surface area contributed by atoms with Gasteiger partial charge in [-0.15, -0.1) is 0 Å². The Labute approximate surface area is 71.8 Å². The summed E-state index contributed by atoms with van der Waals surface area (Å²) in [6.07, 6.45) is 0. The van der Waals surface area contributed by atoms with Crippen molar-refractivity contribution in [2.45, 2.75) is 0 Å². The predicted molar refractivity (Wildman–Crippen MR) is 42.2 cm³/mol. The van der Waals surface area contributed by atoms with E-state index in [0.29, 0.717) is 14.5 Å². The van der Waals surface area contributed by atoms with E-state index in [-0.39, 0.29) is 0 Å². The molecule has 0 bridgehead atoms. The second kappa shape index (κ2) is 2.52. The summed E-state index contributed by atoms with van der Waals surface area (Å²) in [5, 5.41) is 0. The number of para-hydroxylation sites is 1. The quantitative estimate of drug-likeness (QED) is 0.650. The fourth-order valence-electron chi connectivity index (χ4n) is 0.819. The van der Waals surface area contributed by atoms with Crippen LogP contribution in [0.3, 0.4) is 0 Å². The maximum atomic E-state index is 5.40. The molecule has 10 heavy (non-hydrogen) atoms. The summed E-state index contributed by atoms with van der Waals surface area (Å²) in [5.74, 6) is 0. The predicted octanol–water partition coefficient (Wildman–Crippen LogP) is 1.19. The molecule has 0 saturated carbocycles. The monoisotopic (exact) mass is 264 g/mol. The zero-order valence-electron chi connectivity index (χ0n) is 5.03. The van der Waals surface area contributed by atoms with Crippen LogP contribution in [-0.4, -0.2) is 30.1 Å². The summed E-state index contributed by atoms with van der Waals surface area (Å²) >= 11 is 3.31. The van der Waals surface area contributed by atoms with Gasteiger partial charge in [-0.3, -0.25) is 0 Å². The molecule has 0 aliphatic rings. The molecular formula is C7H4OSe2. The molecule has 0 atom stereocenters. The summed E-state index contributed by atoms with van der Waals surface area (Å²) in [5.41, 5.74) is 1.02. The van der Waals surface area contributed by atoms with Crippen LogP contribution in [0.4, 0.5) is 0 Å². The van der Waals surface area contributed by atoms with Crippen molar-refractivity contribution in [1.82, 2.24) is 0 Å². The van der Waals surface area contributed by atoms with Crippen molar-refractivity contribution < 1.29 is 4.42 Å². The van der Waals surface area contributed by atoms with Gasteiger partial charge in [-0.25, -0.2) is 0 Å². The average Bonchev–Trinajstić information content (AvgIpc) is 2.27. The molecule has 0 amide bonds. The van der Waals surface area contributed by atoms with Crippen LogP contribution in [0.15, 0.2) is 28.7 Å². The van der Waals surface area contributed by atoms with E-state index in [1.807, 2.05) is 18.2 Å². The Kier molecular flexibility index (Phi) is 1.67. The molecule has 0 fully saturated rings. The summed E-state index contributed by atoms with van der Waals surface area (Å²) in [4.78, 5) is 0. The van der Waals surface area contributed by atoms with Crippen LogP contribution in [-0.2, 0) is 0 Å². The third kappa shape index (κ3) is 1.06. The third-order valence-corrected chi connectivity index (χ3v) is 4.01. The van der Waals surface area contributed by atoms with E-state index in [9.17, 15) is 0 Å². The molecule has 2 aromatic rings. The molecule has 1 aromatic carbocycles. The Balaban J connectivity index is 3.01. The molecule has 0 spiro atoms. The fourth-order valence-corrected chi connectivity index (χ4v) is 3.39. The van der Waals surface area contributed by atoms with Gasteiger partial charge in [0, 0.05) is 0 Å². The van der Waals surface area contributed by atoms with E-state index in [4.69, 9.17) is 4.42 Å². The SMILES string of the molecule is [Se]=c1oc2ccccc2[se]1.